The maximum Gasteiger partial charge on any atom is 0.185 e. The number of hydrogen-bond acceptors (Lipinski definition) is 3. The smallest absolute Gasteiger partial charge is 0.185 e. The van der Waals surface area contributed by atoms with Gasteiger partial charge in [-0.15, -0.1) is 0 Å². The van der Waals surface area contributed by atoms with Crippen LogP contribution in [-0.2, 0) is 6.42 Å². The van der Waals surface area contributed by atoms with Crippen LogP contribution >= 0.6 is 11.6 Å². The summed E-state index contributed by atoms with van der Waals surface area (Å²) in [5, 5.41) is 6.26. The second-order valence-corrected chi connectivity index (χ2v) is 7.21. The molecule has 4 rings (SSSR count). The first-order valence-electron chi connectivity index (χ1n) is 8.98. The number of guanidine groups is 1. The Kier molecular flexibility index (Phi) is 4.79. The van der Waals surface area contributed by atoms with E-state index in [1.807, 2.05) is 43.5 Å². The molecule has 28 heavy (non-hydrogen) atoms. The molecule has 6 nitrogen and oxygen atoms in total. The van der Waals surface area contributed by atoms with Crippen molar-refractivity contribution in [2.75, 3.05) is 11.9 Å². The van der Waals surface area contributed by atoms with Crippen LogP contribution in [0.25, 0.3) is 21.8 Å². The van der Waals surface area contributed by atoms with E-state index in [2.05, 4.69) is 32.4 Å². The van der Waals surface area contributed by atoms with E-state index in [4.69, 9.17) is 23.1 Å². The first kappa shape index (κ1) is 18.1. The molecule has 0 aliphatic rings. The number of aliphatic imine (C=N–C) groups is 1. The van der Waals surface area contributed by atoms with Crippen LogP contribution in [0.3, 0.4) is 0 Å². The molecule has 0 spiro atoms. The van der Waals surface area contributed by atoms with E-state index in [1.165, 1.54) is 0 Å². The molecule has 7 heteroatoms. The highest BCUT2D eigenvalue weighted by Gasteiger charge is 2.11. The Hall–Kier alpha value is -3.25. The van der Waals surface area contributed by atoms with Gasteiger partial charge in [-0.3, -0.25) is 4.99 Å². The van der Waals surface area contributed by atoms with Crippen molar-refractivity contribution in [1.82, 2.24) is 9.97 Å². The van der Waals surface area contributed by atoms with Crippen LogP contribution in [0.1, 0.15) is 11.1 Å². The summed E-state index contributed by atoms with van der Waals surface area (Å²) in [6, 6.07) is 14.0. The minimum absolute atomic E-state index is 0.0952. The number of aryl methyl sites for hydroxylation is 1. The lowest BCUT2D eigenvalue weighted by Crippen LogP contribution is -2.23. The van der Waals surface area contributed by atoms with Crippen molar-refractivity contribution in [1.29, 1.82) is 0 Å². The minimum Gasteiger partial charge on any atom is -0.370 e. The van der Waals surface area contributed by atoms with Gasteiger partial charge >= 0.3 is 0 Å². The third-order valence-electron chi connectivity index (χ3n) is 4.61. The van der Waals surface area contributed by atoms with Crippen LogP contribution in [0.5, 0.6) is 0 Å². The van der Waals surface area contributed by atoms with Gasteiger partial charge in [0.1, 0.15) is 5.82 Å². The van der Waals surface area contributed by atoms with E-state index in [9.17, 15) is 0 Å². The quantitative estimate of drug-likeness (QED) is 0.301. The van der Waals surface area contributed by atoms with Gasteiger partial charge in [0.05, 0.1) is 0 Å². The molecular weight excluding hydrogens is 372 g/mol. The normalized spacial score (nSPS) is 11.1. The zero-order valence-corrected chi connectivity index (χ0v) is 16.2. The molecule has 4 aromatic rings. The molecule has 0 amide bonds. The average Bonchev–Trinajstić information content (AvgIpc) is 3.01. The lowest BCUT2D eigenvalue weighted by Gasteiger charge is -2.10. The van der Waals surface area contributed by atoms with Gasteiger partial charge in [-0.25, -0.2) is 4.98 Å². The molecule has 0 atom stereocenters. The molecule has 0 saturated carbocycles. The number of nitrogens with two attached hydrogens (primary N) is 2. The Morgan fingerprint density at radius 1 is 1.14 bits per heavy atom. The summed E-state index contributed by atoms with van der Waals surface area (Å²) >= 11 is 6.23. The van der Waals surface area contributed by atoms with Gasteiger partial charge in [0.2, 0.25) is 0 Å². The highest BCUT2D eigenvalue weighted by Crippen LogP contribution is 2.33. The van der Waals surface area contributed by atoms with E-state index < -0.39 is 0 Å². The van der Waals surface area contributed by atoms with Crippen LogP contribution in [0.4, 0.5) is 11.5 Å². The molecule has 0 aliphatic heterocycles. The Bertz CT molecular complexity index is 1170. The molecule has 0 unspecified atom stereocenters. The Balaban J connectivity index is 1.82. The number of fused-ring (bicyclic) bond motifs is 3. The van der Waals surface area contributed by atoms with Crippen molar-refractivity contribution >= 4 is 50.9 Å². The van der Waals surface area contributed by atoms with E-state index in [0.717, 1.165) is 44.4 Å². The Morgan fingerprint density at radius 2 is 2.00 bits per heavy atom. The molecule has 0 aliphatic carbocycles. The van der Waals surface area contributed by atoms with Crippen LogP contribution in [0.15, 0.2) is 53.7 Å². The van der Waals surface area contributed by atoms with Crippen molar-refractivity contribution in [2.24, 2.45) is 16.5 Å². The molecule has 0 fully saturated rings. The first-order valence-corrected chi connectivity index (χ1v) is 9.36. The molecule has 2 heterocycles. The largest absolute Gasteiger partial charge is 0.370 e. The number of nitrogens with one attached hydrogen (secondary N) is 2. The number of hydrogen-bond donors (Lipinski definition) is 4. The van der Waals surface area contributed by atoms with E-state index in [1.54, 1.807) is 0 Å². The third-order valence-corrected chi connectivity index (χ3v) is 4.85. The maximum absolute atomic E-state index is 6.23. The predicted molar refractivity (Wildman–Crippen MR) is 117 cm³/mol. The topological polar surface area (TPSA) is 105 Å². The summed E-state index contributed by atoms with van der Waals surface area (Å²) in [5.74, 6) is 0.885. The van der Waals surface area contributed by atoms with E-state index in [0.29, 0.717) is 18.0 Å². The number of nitrogens with zero attached hydrogens (tertiary/aromatic N) is 2. The first-order chi connectivity index (χ1) is 13.5. The molecule has 2 aromatic heterocycles. The fourth-order valence-corrected chi connectivity index (χ4v) is 3.48. The average molecular weight is 393 g/mol. The monoisotopic (exact) mass is 392 g/mol. The fourth-order valence-electron chi connectivity index (χ4n) is 3.31. The summed E-state index contributed by atoms with van der Waals surface area (Å²) < 4.78 is 0. The molecule has 2 aromatic carbocycles. The van der Waals surface area contributed by atoms with Gasteiger partial charge < -0.3 is 21.8 Å². The number of anilines is 2. The van der Waals surface area contributed by atoms with Gasteiger partial charge in [-0.1, -0.05) is 17.7 Å². The van der Waals surface area contributed by atoms with Crippen molar-refractivity contribution in [3.8, 4) is 0 Å². The number of halogens is 1. The number of aromatic amines is 1. The molecule has 0 bridgehead atoms. The van der Waals surface area contributed by atoms with Gasteiger partial charge in [-0.05, 0) is 60.9 Å². The van der Waals surface area contributed by atoms with Crippen LogP contribution in [0, 0.1) is 6.92 Å². The Labute approximate surface area is 167 Å². The third kappa shape index (κ3) is 3.73. The van der Waals surface area contributed by atoms with Crippen LogP contribution in [0.2, 0.25) is 5.02 Å². The lowest BCUT2D eigenvalue weighted by molar-refractivity contribution is 0.968. The number of aromatic nitrogens is 2. The zero-order chi connectivity index (χ0) is 19.7. The highest BCUT2D eigenvalue weighted by atomic mass is 35.5. The van der Waals surface area contributed by atoms with Crippen molar-refractivity contribution < 1.29 is 0 Å². The standard InChI is InChI=1S/C21H21ClN6/c1-12-2-5-19(26-11-12)27-15-8-13(6-7-25-21(23)24)20-17(10-15)16-9-14(22)3-4-18(16)28-20/h2-5,8-11,28H,6-7H2,1H3,(H,26,27)(H4,23,24,25). The van der Waals surface area contributed by atoms with Crippen LogP contribution in [-0.4, -0.2) is 22.5 Å². The number of H-pyrrole nitrogens is 1. The van der Waals surface area contributed by atoms with Gasteiger partial charge in [0.15, 0.2) is 5.96 Å². The molecule has 0 saturated heterocycles. The van der Waals surface area contributed by atoms with Crippen molar-refractivity contribution in [2.45, 2.75) is 13.3 Å². The Morgan fingerprint density at radius 3 is 2.75 bits per heavy atom. The predicted octanol–water partition coefficient (Wildman–Crippen LogP) is 4.24. The molecule has 0 radical (unpaired) electrons. The summed E-state index contributed by atoms with van der Waals surface area (Å²) in [6.45, 7) is 2.53. The summed E-state index contributed by atoms with van der Waals surface area (Å²) in [5.41, 5.74) is 16.2. The summed E-state index contributed by atoms with van der Waals surface area (Å²) in [7, 11) is 0. The molecule has 142 valence electrons. The highest BCUT2D eigenvalue weighted by molar-refractivity contribution is 6.31. The zero-order valence-electron chi connectivity index (χ0n) is 15.5. The van der Waals surface area contributed by atoms with E-state index >= 15 is 0 Å². The van der Waals surface area contributed by atoms with Crippen LogP contribution < -0.4 is 16.8 Å². The minimum atomic E-state index is 0.0952. The van der Waals surface area contributed by atoms with Gasteiger partial charge in [-0.2, -0.15) is 0 Å². The second-order valence-electron chi connectivity index (χ2n) is 6.78. The fraction of sp³-hybridized carbons (Fsp3) is 0.143. The summed E-state index contributed by atoms with van der Waals surface area (Å²) in [4.78, 5) is 12.1. The van der Waals surface area contributed by atoms with Crippen molar-refractivity contribution in [3.05, 3.63) is 64.8 Å². The molecular formula is C21H21ClN6. The molecule has 6 N–H and O–H groups in total. The maximum atomic E-state index is 6.23. The number of benzene rings is 2. The SMILES string of the molecule is Cc1ccc(Nc2cc(CCN=C(N)N)c3[nH]c4ccc(Cl)cc4c3c2)nc1. The van der Waals surface area contributed by atoms with Gasteiger partial charge in [0.25, 0.3) is 0 Å². The lowest BCUT2D eigenvalue weighted by atomic mass is 10.0. The summed E-state index contributed by atoms with van der Waals surface area (Å²) in [6.07, 6.45) is 2.54. The van der Waals surface area contributed by atoms with Crippen molar-refractivity contribution in [3.63, 3.8) is 0 Å². The number of pyridine rings is 1. The van der Waals surface area contributed by atoms with Gasteiger partial charge in [0, 0.05) is 45.3 Å². The van der Waals surface area contributed by atoms with E-state index in [-0.39, 0.29) is 5.96 Å². The second kappa shape index (κ2) is 7.40. The number of rotatable bonds is 5.